The van der Waals surface area contributed by atoms with E-state index in [1.165, 1.54) is 31.2 Å². The van der Waals surface area contributed by atoms with Crippen LogP contribution in [0, 0.1) is 10.5 Å². The van der Waals surface area contributed by atoms with E-state index in [4.69, 9.17) is 5.14 Å². The third-order valence-electron chi connectivity index (χ3n) is 2.90. The Morgan fingerprint density at radius 1 is 1.18 bits per heavy atom. The van der Waals surface area contributed by atoms with Crippen LogP contribution in [0.3, 0.4) is 0 Å². The zero-order valence-electron chi connectivity index (χ0n) is 11.1. The fourth-order valence-corrected chi connectivity index (χ4v) is 3.26. The van der Waals surface area contributed by atoms with Crippen LogP contribution in [0.5, 0.6) is 0 Å². The van der Waals surface area contributed by atoms with Crippen LogP contribution in [-0.2, 0) is 16.2 Å². The van der Waals surface area contributed by atoms with Gasteiger partial charge in [-0.05, 0) is 41.6 Å². The maximum atomic E-state index is 12.9. The van der Waals surface area contributed by atoms with Crippen molar-refractivity contribution in [2.24, 2.45) is 5.14 Å². The molecule has 1 aromatic carbocycles. The summed E-state index contributed by atoms with van der Waals surface area (Å²) < 4.78 is 62.5. The van der Waals surface area contributed by atoms with E-state index in [-0.39, 0.29) is 21.7 Å². The topological polar surface area (TPSA) is 73.0 Å². The van der Waals surface area contributed by atoms with Gasteiger partial charge in [-0.15, -0.1) is 0 Å². The second-order valence-electron chi connectivity index (χ2n) is 4.49. The van der Waals surface area contributed by atoms with Gasteiger partial charge in [0.15, 0.2) is 0 Å². The standard InChI is InChI=1S/C13H10F3IN2O2S/c1-7-12(17)9(6-11(19-7)13(14,15)16)8-4-2-3-5-10(8)22(18,20)21/h2-6H,1H3,(H2,18,20,21). The lowest BCUT2D eigenvalue weighted by molar-refractivity contribution is -0.141. The highest BCUT2D eigenvalue weighted by molar-refractivity contribution is 14.1. The number of halogens is 4. The molecule has 0 fully saturated rings. The summed E-state index contributed by atoms with van der Waals surface area (Å²) >= 11 is 1.83. The molecule has 0 amide bonds. The molecule has 1 heterocycles. The van der Waals surface area contributed by atoms with Crippen molar-refractivity contribution in [1.29, 1.82) is 0 Å². The van der Waals surface area contributed by atoms with E-state index in [1.54, 1.807) is 0 Å². The molecule has 0 atom stereocenters. The van der Waals surface area contributed by atoms with Crippen LogP contribution in [0.2, 0.25) is 0 Å². The smallest absolute Gasteiger partial charge is 0.248 e. The largest absolute Gasteiger partial charge is 0.433 e. The molecule has 0 saturated heterocycles. The normalized spacial score (nSPS) is 12.5. The van der Waals surface area contributed by atoms with Crippen LogP contribution in [0.4, 0.5) is 13.2 Å². The van der Waals surface area contributed by atoms with Crippen LogP contribution in [0.1, 0.15) is 11.4 Å². The average molecular weight is 442 g/mol. The summed E-state index contributed by atoms with van der Waals surface area (Å²) in [6.45, 7) is 1.43. The number of sulfonamides is 1. The first kappa shape index (κ1) is 17.2. The number of rotatable bonds is 2. The molecule has 1 aromatic heterocycles. The third-order valence-corrected chi connectivity index (χ3v) is 5.23. The predicted octanol–water partition coefficient (Wildman–Crippen LogP) is 3.33. The van der Waals surface area contributed by atoms with Gasteiger partial charge < -0.3 is 0 Å². The summed E-state index contributed by atoms with van der Waals surface area (Å²) in [5, 5.41) is 5.14. The number of nitrogens with zero attached hydrogens (tertiary/aromatic N) is 1. The minimum absolute atomic E-state index is 0.116. The quantitative estimate of drug-likeness (QED) is 0.726. The number of hydrogen-bond donors (Lipinski definition) is 1. The Bertz CT molecular complexity index is 836. The Morgan fingerprint density at radius 3 is 2.32 bits per heavy atom. The summed E-state index contributed by atoms with van der Waals surface area (Å²) in [7, 11) is -4.06. The summed E-state index contributed by atoms with van der Waals surface area (Å²) in [6.07, 6.45) is -4.62. The summed E-state index contributed by atoms with van der Waals surface area (Å²) in [6, 6.07) is 6.48. The van der Waals surface area contributed by atoms with Gasteiger partial charge in [-0.3, -0.25) is 0 Å². The SMILES string of the molecule is Cc1nc(C(F)(F)F)cc(-c2ccccc2S(N)(=O)=O)c1I. The zero-order chi connectivity index (χ0) is 16.7. The van der Waals surface area contributed by atoms with Crippen molar-refractivity contribution in [3.05, 3.63) is 45.3 Å². The fourth-order valence-electron chi connectivity index (χ4n) is 1.94. The first-order valence-corrected chi connectivity index (χ1v) is 8.51. The highest BCUT2D eigenvalue weighted by Gasteiger charge is 2.34. The van der Waals surface area contributed by atoms with Crippen molar-refractivity contribution in [1.82, 2.24) is 4.98 Å². The van der Waals surface area contributed by atoms with Crippen LogP contribution in [-0.4, -0.2) is 13.4 Å². The van der Waals surface area contributed by atoms with Crippen LogP contribution in [0.25, 0.3) is 11.1 Å². The van der Waals surface area contributed by atoms with Gasteiger partial charge in [0.1, 0.15) is 5.69 Å². The van der Waals surface area contributed by atoms with Crippen molar-refractivity contribution in [3.8, 4) is 11.1 Å². The third kappa shape index (κ3) is 3.41. The molecule has 2 aromatic rings. The number of nitrogens with two attached hydrogens (primary N) is 1. The van der Waals surface area contributed by atoms with E-state index in [0.29, 0.717) is 3.57 Å². The number of aromatic nitrogens is 1. The van der Waals surface area contributed by atoms with Gasteiger partial charge in [0, 0.05) is 14.7 Å². The Kier molecular flexibility index (Phi) is 4.51. The van der Waals surface area contributed by atoms with E-state index in [9.17, 15) is 21.6 Å². The Hall–Kier alpha value is -1.20. The van der Waals surface area contributed by atoms with Crippen LogP contribution in [0.15, 0.2) is 35.2 Å². The zero-order valence-corrected chi connectivity index (χ0v) is 14.1. The number of aryl methyl sites for hydroxylation is 1. The first-order chi connectivity index (χ1) is 10.0. The average Bonchev–Trinajstić information content (AvgIpc) is 2.39. The van der Waals surface area contributed by atoms with E-state index in [2.05, 4.69) is 4.98 Å². The molecule has 0 aliphatic heterocycles. The molecule has 0 saturated carbocycles. The molecule has 0 aliphatic carbocycles. The predicted molar refractivity (Wildman–Crippen MR) is 83.5 cm³/mol. The lowest BCUT2D eigenvalue weighted by Gasteiger charge is -2.14. The Balaban J connectivity index is 2.82. The summed E-state index contributed by atoms with van der Waals surface area (Å²) in [5.74, 6) is 0. The van der Waals surface area contributed by atoms with E-state index >= 15 is 0 Å². The summed E-state index contributed by atoms with van der Waals surface area (Å²) in [4.78, 5) is 3.28. The van der Waals surface area contributed by atoms with E-state index in [0.717, 1.165) is 6.07 Å². The van der Waals surface area contributed by atoms with Gasteiger partial charge in [0.2, 0.25) is 10.0 Å². The number of primary sulfonamides is 1. The lowest BCUT2D eigenvalue weighted by Crippen LogP contribution is -2.14. The van der Waals surface area contributed by atoms with Crippen molar-refractivity contribution in [2.75, 3.05) is 0 Å². The maximum absolute atomic E-state index is 12.9. The highest BCUT2D eigenvalue weighted by Crippen LogP contribution is 2.36. The maximum Gasteiger partial charge on any atom is 0.433 e. The first-order valence-electron chi connectivity index (χ1n) is 5.88. The van der Waals surface area contributed by atoms with Gasteiger partial charge in [-0.1, -0.05) is 18.2 Å². The molecular weight excluding hydrogens is 432 g/mol. The molecular formula is C13H10F3IN2O2S. The molecule has 0 spiro atoms. The second kappa shape index (κ2) is 5.78. The van der Waals surface area contributed by atoms with Gasteiger partial charge in [0.05, 0.1) is 10.6 Å². The monoisotopic (exact) mass is 442 g/mol. The van der Waals surface area contributed by atoms with E-state index < -0.39 is 21.9 Å². The number of benzene rings is 1. The second-order valence-corrected chi connectivity index (χ2v) is 7.10. The number of alkyl halides is 3. The Labute approximate surface area is 138 Å². The lowest BCUT2D eigenvalue weighted by atomic mass is 10.0. The number of hydrogen-bond acceptors (Lipinski definition) is 3. The minimum atomic E-state index is -4.62. The molecule has 118 valence electrons. The molecule has 0 aliphatic rings. The van der Waals surface area contributed by atoms with E-state index in [1.807, 2.05) is 22.6 Å². The van der Waals surface area contributed by atoms with Crippen molar-refractivity contribution in [3.63, 3.8) is 0 Å². The highest BCUT2D eigenvalue weighted by atomic mass is 127. The molecule has 0 bridgehead atoms. The molecule has 2 rings (SSSR count). The van der Waals surface area contributed by atoms with Gasteiger partial charge in [-0.2, -0.15) is 13.2 Å². The fraction of sp³-hybridized carbons (Fsp3) is 0.154. The number of pyridine rings is 1. The molecule has 4 nitrogen and oxygen atoms in total. The van der Waals surface area contributed by atoms with Crippen LogP contribution >= 0.6 is 22.6 Å². The van der Waals surface area contributed by atoms with Crippen molar-refractivity contribution >= 4 is 32.6 Å². The minimum Gasteiger partial charge on any atom is -0.248 e. The summed E-state index contributed by atoms with van der Waals surface area (Å²) in [5.41, 5.74) is -0.672. The van der Waals surface area contributed by atoms with Crippen molar-refractivity contribution in [2.45, 2.75) is 18.0 Å². The van der Waals surface area contributed by atoms with Gasteiger partial charge in [-0.25, -0.2) is 18.5 Å². The molecule has 9 heteroatoms. The Morgan fingerprint density at radius 2 is 1.77 bits per heavy atom. The molecule has 2 N–H and O–H groups in total. The van der Waals surface area contributed by atoms with Crippen molar-refractivity contribution < 1.29 is 21.6 Å². The molecule has 0 unspecified atom stereocenters. The van der Waals surface area contributed by atoms with Gasteiger partial charge in [0.25, 0.3) is 0 Å². The van der Waals surface area contributed by atoms with Gasteiger partial charge >= 0.3 is 6.18 Å². The molecule has 22 heavy (non-hydrogen) atoms. The molecule has 0 radical (unpaired) electrons. The van der Waals surface area contributed by atoms with Crippen LogP contribution < -0.4 is 5.14 Å².